The van der Waals surface area contributed by atoms with Crippen molar-refractivity contribution in [3.63, 3.8) is 0 Å². The van der Waals surface area contributed by atoms with Gasteiger partial charge in [-0.3, -0.25) is 9.78 Å². The van der Waals surface area contributed by atoms with Gasteiger partial charge in [0.2, 0.25) is 5.91 Å². The van der Waals surface area contributed by atoms with E-state index in [2.05, 4.69) is 17.2 Å². The molecule has 1 fully saturated rings. The number of amides is 1. The smallest absolute Gasteiger partial charge is 0.230 e. The number of carbonyl (C=O) groups excluding carboxylic acids is 1. The van der Waals surface area contributed by atoms with Crippen LogP contribution in [0.5, 0.6) is 11.5 Å². The molecule has 6 nitrogen and oxygen atoms in total. The van der Waals surface area contributed by atoms with Gasteiger partial charge in [-0.1, -0.05) is 30.7 Å². The minimum atomic E-state index is -0.501. The minimum Gasteiger partial charge on any atom is -0.457 e. The molecule has 2 aromatic carbocycles. The zero-order valence-corrected chi connectivity index (χ0v) is 20.3. The molecule has 0 atom stereocenters. The van der Waals surface area contributed by atoms with Crippen molar-refractivity contribution < 1.29 is 13.9 Å². The molecule has 8 heteroatoms. The summed E-state index contributed by atoms with van der Waals surface area (Å²) in [5.41, 5.74) is 3.21. The first-order valence-electron chi connectivity index (χ1n) is 11.3. The van der Waals surface area contributed by atoms with Crippen LogP contribution >= 0.6 is 11.8 Å². The van der Waals surface area contributed by atoms with Gasteiger partial charge in [0, 0.05) is 41.4 Å². The standard InChI is InChI=1S/C27H25FN4O2S/c1-18-3-6-20(7-4-18)32-25(15-24(31-32)27(2)16-35-17-27)30-26(33)13-19-5-8-22(14-23(19)28)34-21-9-11-29-12-10-21/h3-12,14-15H,13,16-17H2,1-2H3,(H,30,33). The zero-order valence-electron chi connectivity index (χ0n) is 19.5. The Balaban J connectivity index is 1.34. The summed E-state index contributed by atoms with van der Waals surface area (Å²) >= 11 is 1.88. The molecule has 1 N–H and O–H groups in total. The van der Waals surface area contributed by atoms with Gasteiger partial charge in [0.15, 0.2) is 0 Å². The van der Waals surface area contributed by atoms with Gasteiger partial charge in [-0.15, -0.1) is 0 Å². The van der Waals surface area contributed by atoms with Crippen LogP contribution in [0, 0.1) is 12.7 Å². The van der Waals surface area contributed by atoms with Crippen LogP contribution in [0.4, 0.5) is 10.2 Å². The molecular formula is C27H25FN4O2S. The van der Waals surface area contributed by atoms with E-state index >= 15 is 0 Å². The van der Waals surface area contributed by atoms with E-state index in [9.17, 15) is 9.18 Å². The third-order valence-corrected chi connectivity index (χ3v) is 7.66. The second-order valence-corrected chi connectivity index (χ2v) is 9.96. The van der Waals surface area contributed by atoms with Crippen molar-refractivity contribution in [1.29, 1.82) is 0 Å². The van der Waals surface area contributed by atoms with Crippen molar-refractivity contribution in [1.82, 2.24) is 14.8 Å². The van der Waals surface area contributed by atoms with Crippen molar-refractivity contribution >= 4 is 23.5 Å². The average Bonchev–Trinajstić information content (AvgIpc) is 3.24. The maximum atomic E-state index is 14.8. The van der Waals surface area contributed by atoms with E-state index in [1.165, 1.54) is 6.07 Å². The first kappa shape index (κ1) is 23.1. The Morgan fingerprint density at radius 3 is 2.49 bits per heavy atom. The molecule has 0 bridgehead atoms. The van der Waals surface area contributed by atoms with Crippen molar-refractivity contribution in [2.24, 2.45) is 0 Å². The van der Waals surface area contributed by atoms with Crippen molar-refractivity contribution in [3.8, 4) is 17.2 Å². The molecule has 35 heavy (non-hydrogen) atoms. The van der Waals surface area contributed by atoms with Crippen LogP contribution in [0.3, 0.4) is 0 Å². The number of nitrogens with zero attached hydrogens (tertiary/aromatic N) is 3. The molecule has 0 unspecified atom stereocenters. The molecule has 3 heterocycles. The van der Waals surface area contributed by atoms with Gasteiger partial charge < -0.3 is 10.1 Å². The van der Waals surface area contributed by atoms with Gasteiger partial charge in [0.25, 0.3) is 0 Å². The molecule has 4 aromatic rings. The predicted molar refractivity (Wildman–Crippen MR) is 136 cm³/mol. The Hall–Kier alpha value is -3.65. The van der Waals surface area contributed by atoms with Gasteiger partial charge in [-0.05, 0) is 42.8 Å². The average molecular weight is 489 g/mol. The highest BCUT2D eigenvalue weighted by Gasteiger charge is 2.37. The third-order valence-electron chi connectivity index (χ3n) is 5.98. The number of aromatic nitrogens is 3. The number of pyridine rings is 1. The molecule has 1 saturated heterocycles. The fourth-order valence-electron chi connectivity index (χ4n) is 3.84. The summed E-state index contributed by atoms with van der Waals surface area (Å²) in [6.07, 6.45) is 3.09. The Labute approximate surface area is 207 Å². The zero-order chi connectivity index (χ0) is 24.4. The number of aryl methyl sites for hydroxylation is 1. The number of thioether (sulfide) groups is 1. The number of benzene rings is 2. The van der Waals surface area contributed by atoms with E-state index in [0.29, 0.717) is 17.3 Å². The fourth-order valence-corrected chi connectivity index (χ4v) is 4.95. The largest absolute Gasteiger partial charge is 0.457 e. The maximum absolute atomic E-state index is 14.8. The first-order chi connectivity index (χ1) is 16.9. The Bertz CT molecular complexity index is 1350. The Morgan fingerprint density at radius 2 is 1.83 bits per heavy atom. The molecule has 2 aromatic heterocycles. The van der Waals surface area contributed by atoms with Crippen LogP contribution in [-0.2, 0) is 16.6 Å². The van der Waals surface area contributed by atoms with Crippen LogP contribution in [-0.4, -0.2) is 32.2 Å². The lowest BCUT2D eigenvalue weighted by molar-refractivity contribution is -0.115. The van der Waals surface area contributed by atoms with E-state index in [0.717, 1.165) is 28.5 Å². The van der Waals surface area contributed by atoms with Crippen LogP contribution in [0.25, 0.3) is 5.69 Å². The van der Waals surface area contributed by atoms with Crippen LogP contribution < -0.4 is 10.1 Å². The highest BCUT2D eigenvalue weighted by Crippen LogP contribution is 2.41. The number of carbonyl (C=O) groups is 1. The number of hydrogen-bond donors (Lipinski definition) is 1. The number of rotatable bonds is 7. The molecular weight excluding hydrogens is 463 g/mol. The van der Waals surface area contributed by atoms with E-state index < -0.39 is 5.82 Å². The topological polar surface area (TPSA) is 69.0 Å². The van der Waals surface area contributed by atoms with Gasteiger partial charge in [0.05, 0.1) is 17.8 Å². The Kier molecular flexibility index (Phi) is 6.30. The summed E-state index contributed by atoms with van der Waals surface area (Å²) in [5.74, 6) is 2.65. The molecule has 178 valence electrons. The molecule has 0 radical (unpaired) electrons. The number of anilines is 1. The van der Waals surface area contributed by atoms with Gasteiger partial charge in [0.1, 0.15) is 23.1 Å². The quantitative estimate of drug-likeness (QED) is 0.362. The van der Waals surface area contributed by atoms with E-state index in [-0.39, 0.29) is 23.3 Å². The second kappa shape index (κ2) is 9.54. The second-order valence-electron chi connectivity index (χ2n) is 8.98. The van der Waals surface area contributed by atoms with Crippen LogP contribution in [0.15, 0.2) is 73.1 Å². The monoisotopic (exact) mass is 488 g/mol. The van der Waals surface area contributed by atoms with E-state index in [1.807, 2.05) is 49.0 Å². The van der Waals surface area contributed by atoms with Gasteiger partial charge in [-0.2, -0.15) is 16.9 Å². The fraction of sp³-hybridized carbons (Fsp3) is 0.222. The molecule has 1 amide bonds. The van der Waals surface area contributed by atoms with Crippen LogP contribution in [0.1, 0.15) is 23.7 Å². The van der Waals surface area contributed by atoms with Crippen molar-refractivity contribution in [2.75, 3.05) is 16.8 Å². The molecule has 1 aliphatic heterocycles. The summed E-state index contributed by atoms with van der Waals surface area (Å²) in [6, 6.07) is 17.8. The molecule has 0 spiro atoms. The highest BCUT2D eigenvalue weighted by atomic mass is 32.2. The van der Waals surface area contributed by atoms with Gasteiger partial charge >= 0.3 is 0 Å². The van der Waals surface area contributed by atoms with Crippen LogP contribution in [0.2, 0.25) is 0 Å². The number of hydrogen-bond acceptors (Lipinski definition) is 5. The summed E-state index contributed by atoms with van der Waals surface area (Å²) in [4.78, 5) is 16.9. The predicted octanol–water partition coefficient (Wildman–Crippen LogP) is 5.69. The number of nitrogens with one attached hydrogen (secondary N) is 1. The first-order valence-corrected chi connectivity index (χ1v) is 12.5. The molecule has 0 aliphatic carbocycles. The normalized spacial score (nSPS) is 14.3. The SMILES string of the molecule is Cc1ccc(-n2nc(C3(C)CSC3)cc2NC(=O)Cc2ccc(Oc3ccncc3)cc2F)cc1. The molecule has 1 aliphatic rings. The Morgan fingerprint density at radius 1 is 1.09 bits per heavy atom. The minimum absolute atomic E-state index is 0.0170. The highest BCUT2D eigenvalue weighted by molar-refractivity contribution is 8.00. The summed E-state index contributed by atoms with van der Waals surface area (Å²) in [7, 11) is 0. The van der Waals surface area contributed by atoms with Gasteiger partial charge in [-0.25, -0.2) is 9.07 Å². The lowest BCUT2D eigenvalue weighted by atomic mass is 9.91. The van der Waals surface area contributed by atoms with E-state index in [4.69, 9.17) is 9.84 Å². The maximum Gasteiger partial charge on any atom is 0.230 e. The number of ether oxygens (including phenoxy) is 1. The molecule has 0 saturated carbocycles. The lowest BCUT2D eigenvalue weighted by Crippen LogP contribution is -2.37. The lowest BCUT2D eigenvalue weighted by Gasteiger charge is -2.35. The summed E-state index contributed by atoms with van der Waals surface area (Å²) in [5, 5.41) is 7.77. The third kappa shape index (κ3) is 5.07. The van der Waals surface area contributed by atoms with Crippen molar-refractivity contribution in [2.45, 2.75) is 25.7 Å². The number of halogens is 1. The molecule has 5 rings (SSSR count). The van der Waals surface area contributed by atoms with E-state index in [1.54, 1.807) is 41.3 Å². The van der Waals surface area contributed by atoms with Crippen molar-refractivity contribution in [3.05, 3.63) is 95.7 Å². The summed E-state index contributed by atoms with van der Waals surface area (Å²) < 4.78 is 22.2. The summed E-state index contributed by atoms with van der Waals surface area (Å²) in [6.45, 7) is 4.21.